The van der Waals surface area contributed by atoms with Crippen molar-refractivity contribution in [2.75, 3.05) is 39.8 Å². The summed E-state index contributed by atoms with van der Waals surface area (Å²) in [6.45, 7) is 7.25. The summed E-state index contributed by atoms with van der Waals surface area (Å²) >= 11 is 0. The van der Waals surface area contributed by atoms with Crippen LogP contribution in [0.15, 0.2) is 24.3 Å². The Kier molecular flexibility index (Phi) is 5.73. The first-order chi connectivity index (χ1) is 13.9. The lowest BCUT2D eigenvalue weighted by Crippen LogP contribution is -2.62. The molecular weight excluding hydrogens is 372 g/mol. The van der Waals surface area contributed by atoms with Crippen LogP contribution in [0.1, 0.15) is 26.7 Å². The molecule has 1 aromatic carbocycles. The van der Waals surface area contributed by atoms with Gasteiger partial charge in [0.05, 0.1) is 5.60 Å². The summed E-state index contributed by atoms with van der Waals surface area (Å²) in [5.74, 6) is 1.65. The topological polar surface area (TPSA) is 71.5 Å². The zero-order chi connectivity index (χ0) is 20.6. The molecule has 3 aliphatic heterocycles. The molecule has 0 radical (unpaired) electrons. The van der Waals surface area contributed by atoms with E-state index >= 15 is 0 Å². The monoisotopic (exact) mass is 404 g/mol. The van der Waals surface area contributed by atoms with E-state index in [1.165, 1.54) is 0 Å². The number of amides is 1. The van der Waals surface area contributed by atoms with Crippen molar-refractivity contribution in [3.8, 4) is 11.5 Å². The second-order valence-corrected chi connectivity index (χ2v) is 8.94. The summed E-state index contributed by atoms with van der Waals surface area (Å²) in [5.41, 5.74) is -0.275. The zero-order valence-corrected chi connectivity index (χ0v) is 17.5. The Labute approximate surface area is 172 Å². The number of benzene rings is 1. The van der Waals surface area contributed by atoms with Gasteiger partial charge in [-0.05, 0) is 30.9 Å². The van der Waals surface area contributed by atoms with E-state index < -0.39 is 6.10 Å². The molecule has 1 amide bonds. The van der Waals surface area contributed by atoms with E-state index in [-0.39, 0.29) is 29.6 Å². The molecule has 3 heterocycles. The van der Waals surface area contributed by atoms with Crippen LogP contribution in [-0.2, 0) is 9.53 Å². The van der Waals surface area contributed by atoms with E-state index in [1.54, 1.807) is 0 Å². The van der Waals surface area contributed by atoms with Gasteiger partial charge in [-0.3, -0.25) is 4.79 Å². The van der Waals surface area contributed by atoms with Crippen LogP contribution in [0.3, 0.4) is 0 Å². The van der Waals surface area contributed by atoms with Gasteiger partial charge >= 0.3 is 0 Å². The number of hydrogen-bond acceptors (Lipinski definition) is 6. The molecule has 0 aromatic heterocycles. The molecule has 29 heavy (non-hydrogen) atoms. The number of nitrogens with zero attached hydrogens (tertiary/aromatic N) is 2. The van der Waals surface area contributed by atoms with Crippen LogP contribution in [0.25, 0.3) is 0 Å². The molecule has 4 rings (SSSR count). The maximum absolute atomic E-state index is 12.4. The van der Waals surface area contributed by atoms with Gasteiger partial charge < -0.3 is 29.1 Å². The second-order valence-electron chi connectivity index (χ2n) is 8.94. The third kappa shape index (κ3) is 4.22. The first-order valence-electron chi connectivity index (χ1n) is 10.6. The molecule has 2 fully saturated rings. The molecule has 3 unspecified atom stereocenters. The van der Waals surface area contributed by atoms with Gasteiger partial charge in [0.15, 0.2) is 17.6 Å². The number of β-amino-alcohol motifs (C(OH)–C–C–N with tert-alkyl or cyclic N) is 1. The Bertz CT molecular complexity index is 732. The number of carbonyl (C=O) groups is 1. The second kappa shape index (κ2) is 8.13. The van der Waals surface area contributed by atoms with Crippen molar-refractivity contribution in [2.24, 2.45) is 5.92 Å². The number of piperidine rings is 1. The number of aliphatic hydroxyl groups excluding tert-OH is 1. The fourth-order valence-electron chi connectivity index (χ4n) is 4.53. The Hall–Kier alpha value is -1.83. The Morgan fingerprint density at radius 1 is 1.21 bits per heavy atom. The summed E-state index contributed by atoms with van der Waals surface area (Å²) in [6.07, 6.45) is 0.341. The number of likely N-dealkylation sites (N-methyl/N-ethyl adjacent to an activating group) is 1. The maximum atomic E-state index is 12.4. The molecule has 0 bridgehead atoms. The van der Waals surface area contributed by atoms with Crippen LogP contribution in [-0.4, -0.2) is 84.6 Å². The molecule has 1 spiro atoms. The van der Waals surface area contributed by atoms with E-state index in [0.717, 1.165) is 31.7 Å². The SMILES string of the molecule is CC(C)C1OC2(CCN(CC(O)C3COc4ccccc4O3)CC2)CN(C)C1=O. The molecule has 0 aliphatic carbocycles. The number of ether oxygens (including phenoxy) is 3. The molecule has 1 aromatic rings. The summed E-state index contributed by atoms with van der Waals surface area (Å²) in [4.78, 5) is 16.5. The highest BCUT2D eigenvalue weighted by atomic mass is 16.6. The van der Waals surface area contributed by atoms with Gasteiger partial charge in [0, 0.05) is 33.2 Å². The highest BCUT2D eigenvalue weighted by molar-refractivity contribution is 5.81. The number of carbonyl (C=O) groups excluding carboxylic acids is 1. The predicted molar refractivity (Wildman–Crippen MR) is 108 cm³/mol. The highest BCUT2D eigenvalue weighted by Gasteiger charge is 2.46. The minimum Gasteiger partial charge on any atom is -0.486 e. The van der Waals surface area contributed by atoms with Crippen LogP contribution in [0, 0.1) is 5.92 Å². The molecule has 3 atom stereocenters. The minimum atomic E-state index is -0.627. The summed E-state index contributed by atoms with van der Waals surface area (Å²) < 4.78 is 18.0. The molecule has 0 saturated carbocycles. The Morgan fingerprint density at radius 2 is 1.90 bits per heavy atom. The van der Waals surface area contributed by atoms with Crippen molar-refractivity contribution < 1.29 is 24.1 Å². The van der Waals surface area contributed by atoms with E-state index in [4.69, 9.17) is 14.2 Å². The normalized spacial score (nSPS) is 28.0. The first-order valence-corrected chi connectivity index (χ1v) is 10.6. The molecular formula is C22H32N2O5. The fourth-order valence-corrected chi connectivity index (χ4v) is 4.53. The first kappa shape index (κ1) is 20.4. The number of rotatable bonds is 4. The van der Waals surface area contributed by atoms with Crippen molar-refractivity contribution in [3.63, 3.8) is 0 Å². The van der Waals surface area contributed by atoms with Crippen LogP contribution in [0.4, 0.5) is 0 Å². The standard InChI is InChI=1S/C22H32N2O5/c1-15(2)20-21(26)23(3)14-22(29-20)8-10-24(11-9-22)12-16(25)19-13-27-17-6-4-5-7-18(17)28-19/h4-7,15-16,19-20,25H,8-14H2,1-3H3. The smallest absolute Gasteiger partial charge is 0.251 e. The molecule has 3 aliphatic rings. The number of morpholine rings is 1. The fraction of sp³-hybridized carbons (Fsp3) is 0.682. The van der Waals surface area contributed by atoms with Crippen LogP contribution in [0.2, 0.25) is 0 Å². The summed E-state index contributed by atoms with van der Waals surface area (Å²) in [7, 11) is 1.87. The van der Waals surface area contributed by atoms with Gasteiger partial charge in [-0.15, -0.1) is 0 Å². The quantitative estimate of drug-likeness (QED) is 0.821. The van der Waals surface area contributed by atoms with Crippen molar-refractivity contribution in [1.82, 2.24) is 9.80 Å². The van der Waals surface area contributed by atoms with Crippen LogP contribution in [0.5, 0.6) is 11.5 Å². The van der Waals surface area contributed by atoms with Crippen molar-refractivity contribution in [2.45, 2.75) is 50.6 Å². The van der Waals surface area contributed by atoms with Gasteiger partial charge in [0.2, 0.25) is 0 Å². The summed E-state index contributed by atoms with van der Waals surface area (Å²) in [6, 6.07) is 7.54. The Balaban J connectivity index is 1.31. The van der Waals surface area contributed by atoms with Crippen molar-refractivity contribution >= 4 is 5.91 Å². The largest absolute Gasteiger partial charge is 0.486 e. The van der Waals surface area contributed by atoms with Gasteiger partial charge in [-0.1, -0.05) is 26.0 Å². The number of para-hydroxylation sites is 2. The van der Waals surface area contributed by atoms with Gasteiger partial charge in [0.25, 0.3) is 5.91 Å². The average molecular weight is 405 g/mol. The third-order valence-electron chi connectivity index (χ3n) is 6.30. The molecule has 2 saturated heterocycles. The van der Waals surface area contributed by atoms with Crippen LogP contribution >= 0.6 is 0 Å². The molecule has 7 nitrogen and oxygen atoms in total. The number of hydrogen-bond donors (Lipinski definition) is 1. The number of fused-ring (bicyclic) bond motifs is 1. The maximum Gasteiger partial charge on any atom is 0.251 e. The number of aliphatic hydroxyl groups is 1. The lowest BCUT2D eigenvalue weighted by molar-refractivity contribution is -0.197. The lowest BCUT2D eigenvalue weighted by Gasteiger charge is -2.49. The van der Waals surface area contributed by atoms with E-state index in [9.17, 15) is 9.90 Å². The average Bonchev–Trinajstić information content (AvgIpc) is 2.72. The number of likely N-dealkylation sites (tertiary alicyclic amines) is 1. The minimum absolute atomic E-state index is 0.0817. The molecule has 160 valence electrons. The van der Waals surface area contributed by atoms with Gasteiger partial charge in [-0.25, -0.2) is 0 Å². The Morgan fingerprint density at radius 3 is 2.59 bits per heavy atom. The molecule has 7 heteroatoms. The van der Waals surface area contributed by atoms with Crippen molar-refractivity contribution in [3.05, 3.63) is 24.3 Å². The summed E-state index contributed by atoms with van der Waals surface area (Å²) in [5, 5.41) is 10.7. The highest BCUT2D eigenvalue weighted by Crippen LogP contribution is 2.35. The van der Waals surface area contributed by atoms with E-state index in [0.29, 0.717) is 25.4 Å². The van der Waals surface area contributed by atoms with E-state index in [1.807, 2.05) is 50.1 Å². The van der Waals surface area contributed by atoms with Crippen molar-refractivity contribution in [1.29, 1.82) is 0 Å². The zero-order valence-electron chi connectivity index (χ0n) is 17.5. The van der Waals surface area contributed by atoms with Gasteiger partial charge in [-0.2, -0.15) is 0 Å². The lowest BCUT2D eigenvalue weighted by atomic mass is 9.87. The molecule has 1 N–H and O–H groups in total. The predicted octanol–water partition coefficient (Wildman–Crippen LogP) is 1.54. The third-order valence-corrected chi connectivity index (χ3v) is 6.30. The van der Waals surface area contributed by atoms with Crippen LogP contribution < -0.4 is 9.47 Å². The van der Waals surface area contributed by atoms with Gasteiger partial charge in [0.1, 0.15) is 18.8 Å². The van der Waals surface area contributed by atoms with E-state index in [2.05, 4.69) is 4.90 Å².